The second-order valence-electron chi connectivity index (χ2n) is 3.90. The Labute approximate surface area is 113 Å². The summed E-state index contributed by atoms with van der Waals surface area (Å²) in [5.74, 6) is -1.35. The monoisotopic (exact) mass is 301 g/mol. The molecule has 0 amide bonds. The standard InChI is InChI=1S/C10H6F3N5OS/c11-10(12,13)8-15-16-9-18(8)17-7(20-9)4-1-2-5(14)6(19)3-4/h1-3,19H,14H2. The SMILES string of the molecule is Nc1ccc(-c2nn3c(C(F)(F)F)nnc3s2)cc1O. The normalized spacial score (nSPS) is 12.2. The maximum Gasteiger partial charge on any atom is 0.453 e. The zero-order valence-electron chi connectivity index (χ0n) is 9.59. The van der Waals surface area contributed by atoms with Gasteiger partial charge in [0.05, 0.1) is 5.69 Å². The highest BCUT2D eigenvalue weighted by Crippen LogP contribution is 2.33. The van der Waals surface area contributed by atoms with Crippen molar-refractivity contribution in [3.05, 3.63) is 24.0 Å². The molecule has 1 aromatic carbocycles. The Kier molecular flexibility index (Phi) is 2.57. The van der Waals surface area contributed by atoms with E-state index in [1.54, 1.807) is 6.07 Å². The Morgan fingerprint density at radius 1 is 1.25 bits per heavy atom. The summed E-state index contributed by atoms with van der Waals surface area (Å²) in [6.07, 6.45) is -4.63. The van der Waals surface area contributed by atoms with E-state index in [0.717, 1.165) is 11.3 Å². The van der Waals surface area contributed by atoms with Crippen LogP contribution in [0.4, 0.5) is 18.9 Å². The molecule has 104 valence electrons. The third-order valence-corrected chi connectivity index (χ3v) is 3.47. The van der Waals surface area contributed by atoms with Crippen LogP contribution < -0.4 is 5.73 Å². The number of hydrogen-bond acceptors (Lipinski definition) is 6. The highest BCUT2D eigenvalue weighted by atomic mass is 32.1. The molecule has 3 aromatic rings. The van der Waals surface area contributed by atoms with Crippen LogP contribution in [0.15, 0.2) is 18.2 Å². The lowest BCUT2D eigenvalue weighted by Crippen LogP contribution is -2.11. The van der Waals surface area contributed by atoms with Crippen molar-refractivity contribution in [2.75, 3.05) is 5.73 Å². The second kappa shape index (κ2) is 4.07. The van der Waals surface area contributed by atoms with Gasteiger partial charge in [-0.05, 0) is 18.2 Å². The molecule has 0 saturated heterocycles. The average molecular weight is 301 g/mol. The van der Waals surface area contributed by atoms with Crippen LogP contribution in [0.3, 0.4) is 0 Å². The van der Waals surface area contributed by atoms with E-state index < -0.39 is 12.0 Å². The van der Waals surface area contributed by atoms with Gasteiger partial charge in [-0.2, -0.15) is 22.8 Å². The molecule has 10 heteroatoms. The quantitative estimate of drug-likeness (QED) is 0.531. The zero-order chi connectivity index (χ0) is 14.5. The first-order valence-corrected chi connectivity index (χ1v) is 6.06. The molecular weight excluding hydrogens is 295 g/mol. The van der Waals surface area contributed by atoms with Crippen LogP contribution in [-0.2, 0) is 6.18 Å². The third kappa shape index (κ3) is 1.93. The molecule has 6 nitrogen and oxygen atoms in total. The van der Waals surface area contributed by atoms with E-state index in [1.165, 1.54) is 12.1 Å². The van der Waals surface area contributed by atoms with Gasteiger partial charge in [0.25, 0.3) is 5.82 Å². The molecule has 0 fully saturated rings. The van der Waals surface area contributed by atoms with Crippen LogP contribution in [0, 0.1) is 0 Å². The van der Waals surface area contributed by atoms with Crippen LogP contribution in [0.2, 0.25) is 0 Å². The van der Waals surface area contributed by atoms with Crippen LogP contribution in [0.25, 0.3) is 15.5 Å². The molecule has 0 saturated carbocycles. The predicted molar refractivity (Wildman–Crippen MR) is 65.2 cm³/mol. The van der Waals surface area contributed by atoms with Gasteiger partial charge in [0.2, 0.25) is 4.96 Å². The lowest BCUT2D eigenvalue weighted by molar-refractivity contribution is -0.146. The van der Waals surface area contributed by atoms with E-state index in [4.69, 9.17) is 5.73 Å². The molecule has 2 heterocycles. The molecular formula is C10H6F3N5OS. The molecule has 0 aliphatic rings. The number of phenolic OH excluding ortho intramolecular Hbond substituents is 1. The summed E-state index contributed by atoms with van der Waals surface area (Å²) in [6.45, 7) is 0. The molecule has 2 aromatic heterocycles. The van der Waals surface area contributed by atoms with E-state index >= 15 is 0 Å². The van der Waals surface area contributed by atoms with Gasteiger partial charge in [0.1, 0.15) is 10.8 Å². The summed E-state index contributed by atoms with van der Waals surface area (Å²) in [5.41, 5.74) is 6.08. The summed E-state index contributed by atoms with van der Waals surface area (Å²) < 4.78 is 38.6. The van der Waals surface area contributed by atoms with Crippen molar-refractivity contribution in [3.63, 3.8) is 0 Å². The highest BCUT2D eigenvalue weighted by molar-refractivity contribution is 7.19. The maximum atomic E-state index is 12.7. The van der Waals surface area contributed by atoms with Crippen molar-refractivity contribution in [2.24, 2.45) is 0 Å². The number of nitrogens with two attached hydrogens (primary N) is 1. The molecule has 3 N–H and O–H groups in total. The van der Waals surface area contributed by atoms with Gasteiger partial charge in [-0.1, -0.05) is 11.3 Å². The topological polar surface area (TPSA) is 89.3 Å². The fourth-order valence-corrected chi connectivity index (χ4v) is 2.42. The summed E-state index contributed by atoms with van der Waals surface area (Å²) in [4.78, 5) is 0.0173. The molecule has 3 rings (SSSR count). The lowest BCUT2D eigenvalue weighted by atomic mass is 10.2. The second-order valence-corrected chi connectivity index (χ2v) is 4.85. The fourth-order valence-electron chi connectivity index (χ4n) is 1.59. The number of aromatic hydroxyl groups is 1. The summed E-state index contributed by atoms with van der Waals surface area (Å²) in [6, 6.07) is 4.32. The van der Waals surface area contributed by atoms with E-state index in [1.807, 2.05) is 0 Å². The first-order chi connectivity index (χ1) is 9.36. The van der Waals surface area contributed by atoms with E-state index in [9.17, 15) is 18.3 Å². The Morgan fingerprint density at radius 2 is 2.00 bits per heavy atom. The number of alkyl halides is 3. The van der Waals surface area contributed by atoms with Gasteiger partial charge >= 0.3 is 6.18 Å². The number of fused-ring (bicyclic) bond motifs is 1. The lowest BCUT2D eigenvalue weighted by Gasteiger charge is -2.01. The number of aromatic nitrogens is 4. The van der Waals surface area contributed by atoms with Gasteiger partial charge < -0.3 is 10.8 Å². The minimum Gasteiger partial charge on any atom is -0.506 e. The Hall–Kier alpha value is -2.36. The molecule has 0 unspecified atom stereocenters. The van der Waals surface area contributed by atoms with Gasteiger partial charge in [-0.25, -0.2) is 0 Å². The first-order valence-electron chi connectivity index (χ1n) is 5.24. The van der Waals surface area contributed by atoms with Crippen LogP contribution in [-0.4, -0.2) is 24.9 Å². The predicted octanol–water partition coefficient (Wildman–Crippen LogP) is 2.16. The van der Waals surface area contributed by atoms with Gasteiger partial charge in [0.15, 0.2) is 0 Å². The number of benzene rings is 1. The number of halogens is 3. The third-order valence-electron chi connectivity index (χ3n) is 2.52. The smallest absolute Gasteiger partial charge is 0.453 e. The summed E-state index contributed by atoms with van der Waals surface area (Å²) >= 11 is 0.928. The number of nitrogens with zero attached hydrogens (tertiary/aromatic N) is 4. The van der Waals surface area contributed by atoms with Crippen molar-refractivity contribution in [3.8, 4) is 16.3 Å². The molecule has 0 radical (unpaired) electrons. The van der Waals surface area contributed by atoms with E-state index in [2.05, 4.69) is 15.3 Å². The number of anilines is 1. The van der Waals surface area contributed by atoms with E-state index in [-0.39, 0.29) is 21.4 Å². The Morgan fingerprint density at radius 3 is 2.65 bits per heavy atom. The molecule has 0 bridgehead atoms. The van der Waals surface area contributed by atoms with Crippen molar-refractivity contribution in [2.45, 2.75) is 6.18 Å². The minimum atomic E-state index is -4.63. The Balaban J connectivity index is 2.14. The fraction of sp³-hybridized carbons (Fsp3) is 0.100. The van der Waals surface area contributed by atoms with E-state index in [0.29, 0.717) is 10.1 Å². The zero-order valence-corrected chi connectivity index (χ0v) is 10.4. The number of phenols is 1. The number of rotatable bonds is 1. The van der Waals surface area contributed by atoms with Gasteiger partial charge in [0, 0.05) is 5.56 Å². The largest absolute Gasteiger partial charge is 0.506 e. The summed E-state index contributed by atoms with van der Waals surface area (Å²) in [7, 11) is 0. The van der Waals surface area contributed by atoms with Crippen LogP contribution >= 0.6 is 11.3 Å². The van der Waals surface area contributed by atoms with Gasteiger partial charge in [-0.15, -0.1) is 10.2 Å². The molecule has 0 aliphatic carbocycles. The van der Waals surface area contributed by atoms with Crippen molar-refractivity contribution < 1.29 is 18.3 Å². The number of nitrogen functional groups attached to an aromatic ring is 1. The summed E-state index contributed by atoms with van der Waals surface area (Å²) in [5, 5.41) is 20.1. The minimum absolute atomic E-state index is 0.0173. The number of hydrogen-bond donors (Lipinski definition) is 2. The van der Waals surface area contributed by atoms with Gasteiger partial charge in [-0.3, -0.25) is 0 Å². The molecule has 0 aliphatic heterocycles. The molecule has 0 atom stereocenters. The van der Waals surface area contributed by atoms with Crippen LogP contribution in [0.5, 0.6) is 5.75 Å². The molecule has 0 spiro atoms. The first kappa shape index (κ1) is 12.7. The average Bonchev–Trinajstić information content (AvgIpc) is 2.90. The highest BCUT2D eigenvalue weighted by Gasteiger charge is 2.38. The molecule has 20 heavy (non-hydrogen) atoms. The van der Waals surface area contributed by atoms with Crippen molar-refractivity contribution in [1.82, 2.24) is 19.8 Å². The van der Waals surface area contributed by atoms with Crippen molar-refractivity contribution in [1.29, 1.82) is 0 Å². The maximum absolute atomic E-state index is 12.7. The van der Waals surface area contributed by atoms with Crippen LogP contribution in [0.1, 0.15) is 5.82 Å². The Bertz CT molecular complexity index is 794. The van der Waals surface area contributed by atoms with Crippen molar-refractivity contribution >= 4 is 22.0 Å².